The van der Waals surface area contributed by atoms with Crippen LogP contribution in [0.15, 0.2) is 18.5 Å². The number of nitrogens with zero attached hydrogens (tertiary/aromatic N) is 1. The smallest absolute Gasteiger partial charge is 0.257 e. The van der Waals surface area contributed by atoms with Gasteiger partial charge in [-0.2, -0.15) is 0 Å². The first-order valence-electron chi connectivity index (χ1n) is 2.93. The van der Waals surface area contributed by atoms with E-state index in [9.17, 15) is 4.79 Å². The van der Waals surface area contributed by atoms with E-state index in [-0.39, 0.29) is 5.56 Å². The molecule has 0 radical (unpaired) electrons. The van der Waals surface area contributed by atoms with Gasteiger partial charge in [0.2, 0.25) is 0 Å². The Bertz CT molecular complexity index is 275. The lowest BCUT2D eigenvalue weighted by Gasteiger charge is -2.01. The lowest BCUT2D eigenvalue weighted by molar-refractivity contribution is 0.107. The van der Waals surface area contributed by atoms with Crippen LogP contribution in [0.1, 0.15) is 10.4 Å². The van der Waals surface area contributed by atoms with Gasteiger partial charge in [-0.25, -0.2) is 0 Å². The molecule has 1 heterocycles. The standard InChI is InChI=1S/C7H6ClNO2/c1-11-6-2-3-9-4-5(6)7(8)10/h2-4H,1H3. The number of methoxy groups -OCH3 is 1. The zero-order valence-electron chi connectivity index (χ0n) is 5.87. The Morgan fingerprint density at radius 2 is 2.45 bits per heavy atom. The molecule has 0 amide bonds. The molecule has 0 bridgehead atoms. The Morgan fingerprint density at radius 3 is 2.91 bits per heavy atom. The SMILES string of the molecule is COc1ccncc1C(=O)Cl. The summed E-state index contributed by atoms with van der Waals surface area (Å²) in [6, 6.07) is 1.58. The second-order valence-corrected chi connectivity index (χ2v) is 2.19. The molecule has 58 valence electrons. The molecule has 0 aliphatic rings. The first-order chi connectivity index (χ1) is 5.25. The van der Waals surface area contributed by atoms with Crippen LogP contribution in [-0.2, 0) is 0 Å². The Morgan fingerprint density at radius 1 is 1.73 bits per heavy atom. The van der Waals surface area contributed by atoms with Crippen LogP contribution in [0.3, 0.4) is 0 Å². The monoisotopic (exact) mass is 171 g/mol. The summed E-state index contributed by atoms with van der Waals surface area (Å²) < 4.78 is 4.86. The first kappa shape index (κ1) is 8.01. The summed E-state index contributed by atoms with van der Waals surface area (Å²) in [4.78, 5) is 14.4. The van der Waals surface area contributed by atoms with Gasteiger partial charge in [0.1, 0.15) is 5.75 Å². The van der Waals surface area contributed by atoms with Crippen LogP contribution in [-0.4, -0.2) is 17.3 Å². The van der Waals surface area contributed by atoms with Crippen molar-refractivity contribution in [3.05, 3.63) is 24.0 Å². The average molecular weight is 172 g/mol. The van der Waals surface area contributed by atoms with Crippen LogP contribution in [0.4, 0.5) is 0 Å². The fourth-order valence-corrected chi connectivity index (χ4v) is 0.849. The number of hydrogen-bond acceptors (Lipinski definition) is 3. The van der Waals surface area contributed by atoms with E-state index >= 15 is 0 Å². The first-order valence-corrected chi connectivity index (χ1v) is 3.31. The van der Waals surface area contributed by atoms with Crippen molar-refractivity contribution in [2.75, 3.05) is 7.11 Å². The van der Waals surface area contributed by atoms with Crippen molar-refractivity contribution >= 4 is 16.8 Å². The zero-order valence-corrected chi connectivity index (χ0v) is 6.63. The third kappa shape index (κ3) is 1.68. The lowest BCUT2D eigenvalue weighted by atomic mass is 10.3. The van der Waals surface area contributed by atoms with E-state index < -0.39 is 5.24 Å². The van der Waals surface area contributed by atoms with Gasteiger partial charge < -0.3 is 4.74 Å². The molecule has 4 heteroatoms. The number of ether oxygens (including phenoxy) is 1. The quantitative estimate of drug-likeness (QED) is 0.633. The van der Waals surface area contributed by atoms with Crippen molar-refractivity contribution in [2.45, 2.75) is 0 Å². The van der Waals surface area contributed by atoms with Crippen molar-refractivity contribution in [3.63, 3.8) is 0 Å². The van der Waals surface area contributed by atoms with Gasteiger partial charge in [0.05, 0.1) is 12.7 Å². The van der Waals surface area contributed by atoms with Gasteiger partial charge in [0, 0.05) is 12.4 Å². The van der Waals surface area contributed by atoms with E-state index in [0.29, 0.717) is 5.75 Å². The summed E-state index contributed by atoms with van der Waals surface area (Å²) in [7, 11) is 1.47. The molecule has 0 aliphatic heterocycles. The van der Waals surface area contributed by atoms with E-state index in [1.807, 2.05) is 0 Å². The fourth-order valence-electron chi connectivity index (χ4n) is 0.707. The van der Waals surface area contributed by atoms with Crippen LogP contribution < -0.4 is 4.74 Å². The molecule has 0 aliphatic carbocycles. The second-order valence-electron chi connectivity index (χ2n) is 1.85. The number of carbonyl (C=O) groups excluding carboxylic acids is 1. The van der Waals surface area contributed by atoms with E-state index in [4.69, 9.17) is 16.3 Å². The third-order valence-electron chi connectivity index (χ3n) is 1.21. The molecule has 0 unspecified atom stereocenters. The third-order valence-corrected chi connectivity index (χ3v) is 1.42. The molecule has 0 saturated heterocycles. The molecule has 3 nitrogen and oxygen atoms in total. The molecule has 1 rings (SSSR count). The number of halogens is 1. The second kappa shape index (κ2) is 3.34. The predicted molar refractivity (Wildman–Crippen MR) is 41.0 cm³/mol. The zero-order chi connectivity index (χ0) is 8.27. The molecule has 0 fully saturated rings. The number of carbonyl (C=O) groups is 1. The van der Waals surface area contributed by atoms with Crippen LogP contribution in [0.5, 0.6) is 5.75 Å². The number of hydrogen-bond donors (Lipinski definition) is 0. The summed E-state index contributed by atoms with van der Waals surface area (Å²) >= 11 is 5.23. The molecule has 0 N–H and O–H groups in total. The van der Waals surface area contributed by atoms with Crippen molar-refractivity contribution < 1.29 is 9.53 Å². The van der Waals surface area contributed by atoms with E-state index in [1.165, 1.54) is 19.5 Å². The van der Waals surface area contributed by atoms with E-state index in [1.54, 1.807) is 6.07 Å². The molecule has 0 atom stereocenters. The maximum absolute atomic E-state index is 10.7. The van der Waals surface area contributed by atoms with Crippen molar-refractivity contribution in [1.29, 1.82) is 0 Å². The van der Waals surface area contributed by atoms with Crippen molar-refractivity contribution in [3.8, 4) is 5.75 Å². The highest BCUT2D eigenvalue weighted by atomic mass is 35.5. The highest BCUT2D eigenvalue weighted by molar-refractivity contribution is 6.68. The van der Waals surface area contributed by atoms with Gasteiger partial charge in [-0.3, -0.25) is 9.78 Å². The summed E-state index contributed by atoms with van der Waals surface area (Å²) in [5.41, 5.74) is 0.289. The van der Waals surface area contributed by atoms with Gasteiger partial charge in [0.25, 0.3) is 5.24 Å². The normalized spacial score (nSPS) is 9.27. The summed E-state index contributed by atoms with van der Waals surface area (Å²) in [6.45, 7) is 0. The summed E-state index contributed by atoms with van der Waals surface area (Å²) in [6.07, 6.45) is 2.90. The molecule has 1 aromatic rings. The van der Waals surface area contributed by atoms with Crippen LogP contribution in [0.25, 0.3) is 0 Å². The van der Waals surface area contributed by atoms with Crippen molar-refractivity contribution in [2.24, 2.45) is 0 Å². The molecule has 11 heavy (non-hydrogen) atoms. The van der Waals surface area contributed by atoms with E-state index in [2.05, 4.69) is 4.98 Å². The Hall–Kier alpha value is -1.09. The number of pyridine rings is 1. The predicted octanol–water partition coefficient (Wildman–Crippen LogP) is 1.47. The lowest BCUT2D eigenvalue weighted by Crippen LogP contribution is -1.95. The highest BCUT2D eigenvalue weighted by Crippen LogP contribution is 2.17. The molecule has 0 saturated carbocycles. The van der Waals surface area contributed by atoms with Crippen LogP contribution >= 0.6 is 11.6 Å². The summed E-state index contributed by atoms with van der Waals surface area (Å²) in [5, 5.41) is -0.560. The Labute approximate surface area is 69.0 Å². The van der Waals surface area contributed by atoms with Gasteiger partial charge in [-0.05, 0) is 17.7 Å². The summed E-state index contributed by atoms with van der Waals surface area (Å²) in [5.74, 6) is 0.444. The minimum atomic E-state index is -0.560. The van der Waals surface area contributed by atoms with Crippen molar-refractivity contribution in [1.82, 2.24) is 4.98 Å². The molecule has 0 aromatic carbocycles. The molecular weight excluding hydrogens is 166 g/mol. The topological polar surface area (TPSA) is 39.2 Å². The van der Waals surface area contributed by atoms with Gasteiger partial charge >= 0.3 is 0 Å². The average Bonchev–Trinajstić information content (AvgIpc) is 2.04. The van der Waals surface area contributed by atoms with Gasteiger partial charge in [-0.15, -0.1) is 0 Å². The number of rotatable bonds is 2. The maximum atomic E-state index is 10.7. The Balaban J connectivity index is 3.12. The molecular formula is C7H6ClNO2. The minimum Gasteiger partial charge on any atom is -0.496 e. The fraction of sp³-hybridized carbons (Fsp3) is 0.143. The minimum absolute atomic E-state index is 0.289. The molecule has 0 spiro atoms. The van der Waals surface area contributed by atoms with E-state index in [0.717, 1.165) is 0 Å². The Kier molecular flexibility index (Phi) is 2.44. The number of aromatic nitrogens is 1. The van der Waals surface area contributed by atoms with Crippen LogP contribution in [0.2, 0.25) is 0 Å². The highest BCUT2D eigenvalue weighted by Gasteiger charge is 2.07. The largest absolute Gasteiger partial charge is 0.496 e. The molecule has 1 aromatic heterocycles. The van der Waals surface area contributed by atoms with Crippen LogP contribution in [0, 0.1) is 0 Å². The maximum Gasteiger partial charge on any atom is 0.257 e. The van der Waals surface area contributed by atoms with Gasteiger partial charge in [0.15, 0.2) is 0 Å². The van der Waals surface area contributed by atoms with Gasteiger partial charge in [-0.1, -0.05) is 0 Å².